The molecule has 2 N–H and O–H groups in total. The number of benzene rings is 1. The molecule has 3 rings (SSSR count). The molecular weight excluding hydrogens is 430 g/mol. The van der Waals surface area contributed by atoms with Crippen LogP contribution in [-0.4, -0.2) is 49.7 Å². The number of aromatic nitrogens is 4. The molecule has 0 unspecified atom stereocenters. The Labute approximate surface area is 180 Å². The molecule has 2 amide bonds. The lowest BCUT2D eigenvalue weighted by Gasteiger charge is -2.06. The van der Waals surface area contributed by atoms with Gasteiger partial charge in [0.05, 0.1) is 4.92 Å². The molecule has 0 saturated heterocycles. The molecule has 12 nitrogen and oxygen atoms in total. The van der Waals surface area contributed by atoms with Crippen molar-refractivity contribution in [1.82, 2.24) is 30.6 Å². The zero-order chi connectivity index (χ0) is 22.5. The van der Waals surface area contributed by atoms with E-state index < -0.39 is 10.8 Å². The predicted octanol–water partition coefficient (Wildman–Crippen LogP) is 1.65. The summed E-state index contributed by atoms with van der Waals surface area (Å²) >= 11 is 5.85. The highest BCUT2D eigenvalue weighted by Gasteiger charge is 2.23. The molecule has 1 aromatic carbocycles. The van der Waals surface area contributed by atoms with Crippen molar-refractivity contribution in [3.8, 4) is 0 Å². The number of amides is 2. The molecule has 31 heavy (non-hydrogen) atoms. The molecule has 13 heteroatoms. The van der Waals surface area contributed by atoms with Crippen LogP contribution >= 0.6 is 11.6 Å². The highest BCUT2D eigenvalue weighted by atomic mass is 35.5. The van der Waals surface area contributed by atoms with E-state index >= 15 is 0 Å². The second kappa shape index (κ2) is 9.34. The Balaban J connectivity index is 1.51. The van der Waals surface area contributed by atoms with Crippen molar-refractivity contribution in [2.45, 2.75) is 20.4 Å². The van der Waals surface area contributed by atoms with E-state index in [0.717, 1.165) is 0 Å². The number of aryl methyl sites for hydroxylation is 1. The number of carbonyl (C=O) groups is 2. The van der Waals surface area contributed by atoms with Gasteiger partial charge in [0.25, 0.3) is 5.91 Å². The van der Waals surface area contributed by atoms with Gasteiger partial charge in [-0.25, -0.2) is 0 Å². The van der Waals surface area contributed by atoms with Crippen molar-refractivity contribution < 1.29 is 19.0 Å². The van der Waals surface area contributed by atoms with E-state index in [0.29, 0.717) is 16.3 Å². The van der Waals surface area contributed by atoms with Crippen LogP contribution in [0, 0.1) is 24.0 Å². The molecule has 162 valence electrons. The predicted molar refractivity (Wildman–Crippen MR) is 108 cm³/mol. The number of hydrogen-bond acceptors (Lipinski definition) is 8. The standard InChI is InChI=1S/C18H18ClN7O5/c1-10-15(26(29)30)11(2)25(23-10)9-14-22-18(31-24-14)17(28)21-7-6-20-16(27)12-4-3-5-13(19)8-12/h3-5,8H,6-7,9H2,1-2H3,(H,20,27)(H,21,28). The van der Waals surface area contributed by atoms with E-state index in [1.165, 1.54) is 17.7 Å². The lowest BCUT2D eigenvalue weighted by atomic mass is 10.2. The lowest BCUT2D eigenvalue weighted by molar-refractivity contribution is -0.386. The summed E-state index contributed by atoms with van der Waals surface area (Å²) in [6, 6.07) is 6.48. The minimum absolute atomic E-state index is 0.00693. The van der Waals surface area contributed by atoms with E-state index in [2.05, 4.69) is 25.9 Å². The Kier molecular flexibility index (Phi) is 6.60. The first-order chi connectivity index (χ1) is 14.8. The molecule has 0 radical (unpaired) electrons. The first kappa shape index (κ1) is 21.9. The van der Waals surface area contributed by atoms with Crippen LogP contribution in [0.5, 0.6) is 0 Å². The van der Waals surface area contributed by atoms with Gasteiger partial charge in [-0.1, -0.05) is 22.8 Å². The molecule has 0 aliphatic heterocycles. The Hall–Kier alpha value is -3.80. The minimum atomic E-state index is -0.616. The molecule has 0 fully saturated rings. The quantitative estimate of drug-likeness (QED) is 0.299. The molecule has 0 aliphatic rings. The second-order valence-electron chi connectivity index (χ2n) is 6.47. The van der Waals surface area contributed by atoms with Gasteiger partial charge in [-0.15, -0.1) is 0 Å². The van der Waals surface area contributed by atoms with Crippen molar-refractivity contribution in [1.29, 1.82) is 0 Å². The highest BCUT2D eigenvalue weighted by molar-refractivity contribution is 6.30. The molecule has 0 spiro atoms. The first-order valence-corrected chi connectivity index (χ1v) is 9.47. The fourth-order valence-corrected chi connectivity index (χ4v) is 3.00. The third-order valence-electron chi connectivity index (χ3n) is 4.26. The second-order valence-corrected chi connectivity index (χ2v) is 6.91. The van der Waals surface area contributed by atoms with Gasteiger partial charge in [0, 0.05) is 23.7 Å². The normalized spacial score (nSPS) is 10.7. The molecule has 0 atom stereocenters. The molecule has 2 heterocycles. The Bertz CT molecular complexity index is 1140. The number of halogens is 1. The fraction of sp³-hybridized carbons (Fsp3) is 0.278. The van der Waals surface area contributed by atoms with Gasteiger partial charge in [0.2, 0.25) is 0 Å². The Morgan fingerprint density at radius 1 is 1.23 bits per heavy atom. The number of nitrogens with one attached hydrogen (secondary N) is 2. The maximum absolute atomic E-state index is 12.1. The van der Waals surface area contributed by atoms with Gasteiger partial charge in [-0.05, 0) is 32.0 Å². The number of rotatable bonds is 8. The summed E-state index contributed by atoms with van der Waals surface area (Å²) in [5.41, 5.74) is 0.934. The third-order valence-corrected chi connectivity index (χ3v) is 4.50. The molecular formula is C18H18ClN7O5. The van der Waals surface area contributed by atoms with Crippen molar-refractivity contribution in [3.63, 3.8) is 0 Å². The smallest absolute Gasteiger partial charge is 0.316 e. The van der Waals surface area contributed by atoms with Gasteiger partial charge in [0.15, 0.2) is 5.82 Å². The van der Waals surface area contributed by atoms with E-state index in [-0.39, 0.29) is 48.6 Å². The number of carbonyl (C=O) groups excluding carboxylic acids is 2. The van der Waals surface area contributed by atoms with Gasteiger partial charge < -0.3 is 15.2 Å². The molecule has 0 saturated carbocycles. The highest BCUT2D eigenvalue weighted by Crippen LogP contribution is 2.22. The maximum Gasteiger partial charge on any atom is 0.316 e. The van der Waals surface area contributed by atoms with Gasteiger partial charge >= 0.3 is 17.5 Å². The SMILES string of the molecule is Cc1nn(Cc2noc(C(=O)NCCNC(=O)c3cccc(Cl)c3)n2)c(C)c1[N+](=O)[O-]. The van der Waals surface area contributed by atoms with Crippen molar-refractivity contribution >= 4 is 29.1 Å². The van der Waals surface area contributed by atoms with Crippen molar-refractivity contribution in [2.24, 2.45) is 0 Å². The van der Waals surface area contributed by atoms with E-state index in [1.54, 1.807) is 25.1 Å². The number of nitro groups is 1. The van der Waals surface area contributed by atoms with Crippen LogP contribution in [0.1, 0.15) is 38.3 Å². The minimum Gasteiger partial charge on any atom is -0.350 e. The summed E-state index contributed by atoms with van der Waals surface area (Å²) < 4.78 is 6.30. The summed E-state index contributed by atoms with van der Waals surface area (Å²) in [7, 11) is 0. The Morgan fingerprint density at radius 3 is 2.58 bits per heavy atom. The topological polar surface area (TPSA) is 158 Å². The van der Waals surface area contributed by atoms with Gasteiger partial charge in [-0.3, -0.25) is 24.4 Å². The number of hydrogen-bond donors (Lipinski definition) is 2. The summed E-state index contributed by atoms with van der Waals surface area (Å²) in [5, 5.41) is 24.5. The molecule has 0 aliphatic carbocycles. The van der Waals surface area contributed by atoms with Crippen molar-refractivity contribution in [3.05, 3.63) is 68.1 Å². The summed E-state index contributed by atoms with van der Waals surface area (Å²) in [6.45, 7) is 3.40. The van der Waals surface area contributed by atoms with E-state index in [4.69, 9.17) is 16.1 Å². The van der Waals surface area contributed by atoms with Crippen LogP contribution in [0.25, 0.3) is 0 Å². The van der Waals surface area contributed by atoms with Crippen LogP contribution in [0.4, 0.5) is 5.69 Å². The largest absolute Gasteiger partial charge is 0.350 e. The van der Waals surface area contributed by atoms with Crippen LogP contribution in [0.3, 0.4) is 0 Å². The summed E-state index contributed by atoms with van der Waals surface area (Å²) in [4.78, 5) is 38.7. The molecule has 3 aromatic rings. The fourth-order valence-electron chi connectivity index (χ4n) is 2.81. The average molecular weight is 448 g/mol. The number of nitrogens with zero attached hydrogens (tertiary/aromatic N) is 5. The zero-order valence-electron chi connectivity index (χ0n) is 16.6. The van der Waals surface area contributed by atoms with E-state index in [9.17, 15) is 19.7 Å². The van der Waals surface area contributed by atoms with Crippen LogP contribution in [-0.2, 0) is 6.54 Å². The monoisotopic (exact) mass is 447 g/mol. The average Bonchev–Trinajstić information content (AvgIpc) is 3.29. The Morgan fingerprint density at radius 2 is 1.94 bits per heavy atom. The van der Waals surface area contributed by atoms with Gasteiger partial charge in [0.1, 0.15) is 17.9 Å². The summed E-state index contributed by atoms with van der Waals surface area (Å²) in [5.74, 6) is -1.07. The van der Waals surface area contributed by atoms with Gasteiger partial charge in [-0.2, -0.15) is 10.1 Å². The van der Waals surface area contributed by atoms with Crippen LogP contribution in [0.2, 0.25) is 5.02 Å². The molecule has 0 bridgehead atoms. The maximum atomic E-state index is 12.1. The van der Waals surface area contributed by atoms with Crippen molar-refractivity contribution in [2.75, 3.05) is 13.1 Å². The molecule has 2 aromatic heterocycles. The van der Waals surface area contributed by atoms with Crippen LogP contribution in [0.15, 0.2) is 28.8 Å². The third kappa shape index (κ3) is 5.22. The van der Waals surface area contributed by atoms with E-state index in [1.807, 2.05) is 0 Å². The summed E-state index contributed by atoms with van der Waals surface area (Å²) in [6.07, 6.45) is 0. The first-order valence-electron chi connectivity index (χ1n) is 9.09. The zero-order valence-corrected chi connectivity index (χ0v) is 17.3. The lowest BCUT2D eigenvalue weighted by Crippen LogP contribution is -2.34. The van der Waals surface area contributed by atoms with Crippen LogP contribution < -0.4 is 10.6 Å².